The molecule has 26 heavy (non-hydrogen) atoms. The van der Waals surface area contributed by atoms with Crippen molar-refractivity contribution in [3.63, 3.8) is 0 Å². The highest BCUT2D eigenvalue weighted by Crippen LogP contribution is 2.40. The Labute approximate surface area is 152 Å². The van der Waals surface area contributed by atoms with Crippen LogP contribution in [-0.4, -0.2) is 29.7 Å². The second-order valence-electron chi connectivity index (χ2n) is 6.62. The Balaban J connectivity index is 1.98. The Bertz CT molecular complexity index is 878. The number of carbonyl (C=O) groups excluding carboxylic acids is 1. The van der Waals surface area contributed by atoms with E-state index >= 15 is 0 Å². The van der Waals surface area contributed by atoms with Crippen LogP contribution in [0.15, 0.2) is 42.0 Å². The smallest absolute Gasteiger partial charge is 0.181 e. The maximum Gasteiger partial charge on any atom is 0.181 e. The number of methoxy groups -OCH3 is 1. The molecule has 0 saturated heterocycles. The predicted molar refractivity (Wildman–Crippen MR) is 98.5 cm³/mol. The first kappa shape index (κ1) is 17.9. The molecule has 2 aromatic rings. The summed E-state index contributed by atoms with van der Waals surface area (Å²) in [5, 5.41) is 19.6. The van der Waals surface area contributed by atoms with Crippen molar-refractivity contribution < 1.29 is 24.5 Å². The second-order valence-corrected chi connectivity index (χ2v) is 6.62. The SMILES string of the molecule is COc1ccc([C@H]2COc3cc(O)cc(O)c3C2=O)cc1CC=C(C)C. The summed E-state index contributed by atoms with van der Waals surface area (Å²) in [6, 6.07) is 8.14. The van der Waals surface area contributed by atoms with Crippen molar-refractivity contribution in [3.8, 4) is 23.0 Å². The maximum atomic E-state index is 12.9. The number of phenols is 2. The van der Waals surface area contributed by atoms with Gasteiger partial charge in [-0.1, -0.05) is 23.8 Å². The highest BCUT2D eigenvalue weighted by molar-refractivity contribution is 6.06. The van der Waals surface area contributed by atoms with E-state index in [2.05, 4.69) is 6.08 Å². The number of hydrogen-bond acceptors (Lipinski definition) is 5. The van der Waals surface area contributed by atoms with Gasteiger partial charge < -0.3 is 19.7 Å². The first-order valence-electron chi connectivity index (χ1n) is 8.44. The summed E-state index contributed by atoms with van der Waals surface area (Å²) in [4.78, 5) is 12.9. The quantitative estimate of drug-likeness (QED) is 0.813. The molecular weight excluding hydrogens is 332 g/mol. The molecule has 3 rings (SSSR count). The minimum absolute atomic E-state index is 0.112. The third-order valence-corrected chi connectivity index (χ3v) is 4.47. The third kappa shape index (κ3) is 3.38. The average molecular weight is 354 g/mol. The van der Waals surface area contributed by atoms with Crippen molar-refractivity contribution >= 4 is 5.78 Å². The predicted octanol–water partition coefficient (Wildman–Crippen LogP) is 3.97. The number of carbonyl (C=O) groups is 1. The molecule has 2 N–H and O–H groups in total. The van der Waals surface area contributed by atoms with Gasteiger partial charge in [-0.25, -0.2) is 0 Å². The number of aromatic hydroxyl groups is 2. The molecule has 0 radical (unpaired) electrons. The van der Waals surface area contributed by atoms with E-state index in [1.54, 1.807) is 7.11 Å². The van der Waals surface area contributed by atoms with Crippen LogP contribution in [-0.2, 0) is 6.42 Å². The third-order valence-electron chi connectivity index (χ3n) is 4.47. The van der Waals surface area contributed by atoms with Crippen LogP contribution < -0.4 is 9.47 Å². The lowest BCUT2D eigenvalue weighted by molar-refractivity contribution is 0.0892. The number of Topliss-reactive ketones (excluding diaryl/α,β-unsaturated/α-hetero) is 1. The van der Waals surface area contributed by atoms with Crippen molar-refractivity contribution in [1.29, 1.82) is 0 Å². The molecular formula is C21H22O5. The average Bonchev–Trinajstić information content (AvgIpc) is 2.59. The van der Waals surface area contributed by atoms with Crippen molar-refractivity contribution in [2.24, 2.45) is 0 Å². The van der Waals surface area contributed by atoms with E-state index in [1.165, 1.54) is 11.6 Å². The Kier molecular flexibility index (Phi) is 4.89. The van der Waals surface area contributed by atoms with Gasteiger partial charge >= 0.3 is 0 Å². The van der Waals surface area contributed by atoms with Crippen molar-refractivity contribution in [1.82, 2.24) is 0 Å². The zero-order valence-electron chi connectivity index (χ0n) is 15.1. The van der Waals surface area contributed by atoms with Gasteiger partial charge in [0.1, 0.15) is 35.2 Å². The molecule has 0 aromatic heterocycles. The van der Waals surface area contributed by atoms with Crippen molar-refractivity contribution in [2.75, 3.05) is 13.7 Å². The number of allylic oxidation sites excluding steroid dienone is 2. The van der Waals surface area contributed by atoms with Gasteiger partial charge in [-0.3, -0.25) is 4.79 Å². The van der Waals surface area contributed by atoms with Gasteiger partial charge in [0.25, 0.3) is 0 Å². The Hall–Kier alpha value is -2.95. The zero-order valence-corrected chi connectivity index (χ0v) is 15.1. The van der Waals surface area contributed by atoms with E-state index in [9.17, 15) is 15.0 Å². The standard InChI is InChI=1S/C21H22O5/c1-12(2)4-5-14-8-13(6-7-18(14)25-3)16-11-26-19-10-15(22)9-17(23)20(19)21(16)24/h4,6-10,16,22-23H,5,11H2,1-3H3/t16-/m1/s1. The first-order chi connectivity index (χ1) is 12.4. The summed E-state index contributed by atoms with van der Waals surface area (Å²) in [6.07, 6.45) is 2.81. The topological polar surface area (TPSA) is 76.0 Å². The fourth-order valence-electron chi connectivity index (χ4n) is 3.11. The number of phenolic OH excluding ortho intramolecular Hbond substituents is 2. The summed E-state index contributed by atoms with van der Waals surface area (Å²) in [5.41, 5.74) is 3.11. The molecule has 0 unspecified atom stereocenters. The Morgan fingerprint density at radius 3 is 2.73 bits per heavy atom. The fraction of sp³-hybridized carbons (Fsp3) is 0.286. The molecule has 1 heterocycles. The molecule has 0 bridgehead atoms. The lowest BCUT2D eigenvalue weighted by atomic mass is 9.87. The monoisotopic (exact) mass is 354 g/mol. The van der Waals surface area contributed by atoms with Crippen LogP contribution in [0.1, 0.15) is 41.3 Å². The highest BCUT2D eigenvalue weighted by atomic mass is 16.5. The van der Waals surface area contributed by atoms with Crippen LogP contribution in [0.5, 0.6) is 23.0 Å². The number of fused-ring (bicyclic) bond motifs is 1. The van der Waals surface area contributed by atoms with E-state index < -0.39 is 5.92 Å². The number of ketones is 1. The zero-order chi connectivity index (χ0) is 18.8. The second kappa shape index (κ2) is 7.12. The molecule has 0 spiro atoms. The molecule has 136 valence electrons. The lowest BCUT2D eigenvalue weighted by Gasteiger charge is -2.25. The van der Waals surface area contributed by atoms with E-state index in [0.717, 1.165) is 22.9 Å². The molecule has 0 aliphatic carbocycles. The number of rotatable bonds is 4. The fourth-order valence-corrected chi connectivity index (χ4v) is 3.11. The first-order valence-corrected chi connectivity index (χ1v) is 8.44. The summed E-state index contributed by atoms with van der Waals surface area (Å²) in [5.74, 6) is -0.170. The van der Waals surface area contributed by atoms with Gasteiger partial charge in [0.05, 0.1) is 13.0 Å². The van der Waals surface area contributed by atoms with Crippen LogP contribution in [0, 0.1) is 0 Å². The number of ether oxygens (including phenoxy) is 2. The van der Waals surface area contributed by atoms with Gasteiger partial charge in [-0.2, -0.15) is 0 Å². The van der Waals surface area contributed by atoms with Crippen LogP contribution >= 0.6 is 0 Å². The number of hydrogen-bond donors (Lipinski definition) is 2. The van der Waals surface area contributed by atoms with Crippen molar-refractivity contribution in [2.45, 2.75) is 26.2 Å². The van der Waals surface area contributed by atoms with Gasteiger partial charge in [0.15, 0.2) is 5.78 Å². The molecule has 5 heteroatoms. The van der Waals surface area contributed by atoms with Crippen LogP contribution in [0.25, 0.3) is 0 Å². The van der Waals surface area contributed by atoms with E-state index in [4.69, 9.17) is 9.47 Å². The van der Waals surface area contributed by atoms with E-state index in [0.29, 0.717) is 6.42 Å². The molecule has 0 fully saturated rings. The van der Waals surface area contributed by atoms with E-state index in [1.807, 2.05) is 32.0 Å². The molecule has 1 aliphatic heterocycles. The van der Waals surface area contributed by atoms with Crippen LogP contribution in [0.2, 0.25) is 0 Å². The lowest BCUT2D eigenvalue weighted by Crippen LogP contribution is -2.26. The van der Waals surface area contributed by atoms with Gasteiger partial charge in [0, 0.05) is 12.1 Å². The Morgan fingerprint density at radius 2 is 2.04 bits per heavy atom. The molecule has 0 saturated carbocycles. The van der Waals surface area contributed by atoms with E-state index in [-0.39, 0.29) is 35.2 Å². The largest absolute Gasteiger partial charge is 0.508 e. The van der Waals surface area contributed by atoms with Crippen molar-refractivity contribution in [3.05, 3.63) is 58.7 Å². The Morgan fingerprint density at radius 1 is 1.27 bits per heavy atom. The van der Waals surface area contributed by atoms with Gasteiger partial charge in [-0.05, 0) is 37.5 Å². The number of benzene rings is 2. The normalized spacial score (nSPS) is 15.8. The minimum Gasteiger partial charge on any atom is -0.508 e. The summed E-state index contributed by atoms with van der Waals surface area (Å²) in [7, 11) is 1.62. The molecule has 5 nitrogen and oxygen atoms in total. The maximum absolute atomic E-state index is 12.9. The van der Waals surface area contributed by atoms with Crippen LogP contribution in [0.4, 0.5) is 0 Å². The molecule has 2 aromatic carbocycles. The van der Waals surface area contributed by atoms with Gasteiger partial charge in [-0.15, -0.1) is 0 Å². The molecule has 0 amide bonds. The highest BCUT2D eigenvalue weighted by Gasteiger charge is 2.33. The summed E-state index contributed by atoms with van der Waals surface area (Å²) < 4.78 is 11.1. The molecule has 1 atom stereocenters. The summed E-state index contributed by atoms with van der Waals surface area (Å²) >= 11 is 0. The molecule has 1 aliphatic rings. The minimum atomic E-state index is -0.519. The van der Waals surface area contributed by atoms with Crippen LogP contribution in [0.3, 0.4) is 0 Å². The van der Waals surface area contributed by atoms with Gasteiger partial charge in [0.2, 0.25) is 0 Å². The summed E-state index contributed by atoms with van der Waals surface area (Å²) in [6.45, 7) is 4.22.